The Morgan fingerprint density at radius 1 is 0.246 bits per heavy atom. The SMILES string of the molecule is CCCCCCCCCCCCCCCCCCCCCCCCCC(=O)OCC(COC(=O)CCCCCCCCCCC)OC(=O)CCCCCCCCCCCCCCCCC. The van der Waals surface area contributed by atoms with Crippen LogP contribution >= 0.6 is 0 Å². The molecule has 0 amide bonds. The van der Waals surface area contributed by atoms with Crippen molar-refractivity contribution in [2.45, 2.75) is 348 Å². The largest absolute Gasteiger partial charge is 0.462 e. The molecule has 0 aromatic carbocycles. The van der Waals surface area contributed by atoms with E-state index in [1.54, 1.807) is 0 Å². The van der Waals surface area contributed by atoms with Gasteiger partial charge in [0, 0.05) is 19.3 Å². The van der Waals surface area contributed by atoms with Crippen molar-refractivity contribution in [3.63, 3.8) is 0 Å². The maximum atomic E-state index is 12.8. The minimum atomic E-state index is -0.760. The smallest absolute Gasteiger partial charge is 0.306 e. The lowest BCUT2D eigenvalue weighted by Gasteiger charge is -2.18. The summed E-state index contributed by atoms with van der Waals surface area (Å²) in [5.41, 5.74) is 0. The van der Waals surface area contributed by atoms with Crippen LogP contribution in [0.25, 0.3) is 0 Å². The molecule has 0 aliphatic rings. The lowest BCUT2D eigenvalue weighted by atomic mass is 10.0. The van der Waals surface area contributed by atoms with Crippen molar-refractivity contribution >= 4 is 17.9 Å². The fourth-order valence-electron chi connectivity index (χ4n) is 9.15. The van der Waals surface area contributed by atoms with Crippen LogP contribution in [0.3, 0.4) is 0 Å². The summed E-state index contributed by atoms with van der Waals surface area (Å²) in [6.07, 6.45) is 61.1. The molecule has 0 N–H and O–H groups in total. The third-order valence-electron chi connectivity index (χ3n) is 13.6. The van der Waals surface area contributed by atoms with Crippen LogP contribution in [0.2, 0.25) is 0 Å². The molecule has 0 saturated heterocycles. The summed E-state index contributed by atoms with van der Waals surface area (Å²) in [6, 6.07) is 0. The first-order chi connectivity index (χ1) is 32.0. The lowest BCUT2D eigenvalue weighted by molar-refractivity contribution is -0.167. The second-order valence-corrected chi connectivity index (χ2v) is 20.3. The van der Waals surface area contributed by atoms with Crippen LogP contribution in [0.1, 0.15) is 342 Å². The van der Waals surface area contributed by atoms with Crippen LogP contribution < -0.4 is 0 Å². The molecule has 0 spiro atoms. The van der Waals surface area contributed by atoms with Crippen molar-refractivity contribution in [2.24, 2.45) is 0 Å². The Kier molecular flexibility index (Phi) is 53.7. The van der Waals surface area contributed by atoms with Crippen molar-refractivity contribution in [3.8, 4) is 0 Å². The highest BCUT2D eigenvalue weighted by atomic mass is 16.6. The van der Waals surface area contributed by atoms with E-state index in [9.17, 15) is 14.4 Å². The molecule has 0 fully saturated rings. The quantitative estimate of drug-likeness (QED) is 0.0344. The highest BCUT2D eigenvalue weighted by Crippen LogP contribution is 2.18. The molecule has 0 rings (SSSR count). The first-order valence-corrected chi connectivity index (χ1v) is 29.5. The summed E-state index contributed by atoms with van der Waals surface area (Å²) >= 11 is 0. The van der Waals surface area contributed by atoms with Gasteiger partial charge in [-0.15, -0.1) is 0 Å². The number of ether oxygens (including phenoxy) is 3. The van der Waals surface area contributed by atoms with Gasteiger partial charge in [-0.25, -0.2) is 0 Å². The van der Waals surface area contributed by atoms with Crippen LogP contribution in [0.5, 0.6) is 0 Å². The predicted molar refractivity (Wildman–Crippen MR) is 280 cm³/mol. The second kappa shape index (κ2) is 55.0. The van der Waals surface area contributed by atoms with Gasteiger partial charge in [0.25, 0.3) is 0 Å². The van der Waals surface area contributed by atoms with Crippen LogP contribution in [-0.2, 0) is 28.6 Å². The molecule has 0 aliphatic carbocycles. The summed E-state index contributed by atoms with van der Waals surface area (Å²) < 4.78 is 16.8. The summed E-state index contributed by atoms with van der Waals surface area (Å²) in [6.45, 7) is 6.69. The van der Waals surface area contributed by atoms with Crippen molar-refractivity contribution in [1.29, 1.82) is 0 Å². The van der Waals surface area contributed by atoms with Crippen molar-refractivity contribution in [3.05, 3.63) is 0 Å². The number of carbonyl (C=O) groups excluding carboxylic acids is 3. The number of rotatable bonds is 55. The number of unbranched alkanes of at least 4 members (excludes halogenated alkanes) is 44. The zero-order valence-corrected chi connectivity index (χ0v) is 44.3. The standard InChI is InChI=1S/C59H114O6/c1-4-7-10-13-16-19-21-23-25-26-27-28-29-30-31-32-34-35-37-40-43-46-49-52-58(61)64-55-56(54-63-57(60)51-48-45-42-39-18-15-12-9-6-3)65-59(62)53-50-47-44-41-38-36-33-24-22-20-17-14-11-8-5-2/h56H,4-55H2,1-3H3. The number of hydrogen-bond acceptors (Lipinski definition) is 6. The first-order valence-electron chi connectivity index (χ1n) is 29.5. The van der Waals surface area contributed by atoms with Gasteiger partial charge in [0.05, 0.1) is 0 Å². The van der Waals surface area contributed by atoms with E-state index in [0.29, 0.717) is 19.3 Å². The third kappa shape index (κ3) is 53.2. The molecule has 65 heavy (non-hydrogen) atoms. The summed E-state index contributed by atoms with van der Waals surface area (Å²) in [4.78, 5) is 38.0. The molecule has 0 saturated carbocycles. The Balaban J connectivity index is 4.13. The van der Waals surface area contributed by atoms with E-state index in [-0.39, 0.29) is 31.1 Å². The maximum absolute atomic E-state index is 12.8. The van der Waals surface area contributed by atoms with Crippen molar-refractivity contribution < 1.29 is 28.6 Å². The summed E-state index contributed by atoms with van der Waals surface area (Å²) in [5.74, 6) is -0.837. The van der Waals surface area contributed by atoms with E-state index in [1.165, 1.54) is 244 Å². The van der Waals surface area contributed by atoms with Gasteiger partial charge in [-0.05, 0) is 19.3 Å². The zero-order chi connectivity index (χ0) is 47.2. The van der Waals surface area contributed by atoms with Gasteiger partial charge in [-0.2, -0.15) is 0 Å². The van der Waals surface area contributed by atoms with Gasteiger partial charge in [0.1, 0.15) is 13.2 Å². The Morgan fingerprint density at radius 3 is 0.615 bits per heavy atom. The highest BCUT2D eigenvalue weighted by Gasteiger charge is 2.19. The Hall–Kier alpha value is -1.59. The minimum absolute atomic E-state index is 0.0614. The number of carbonyl (C=O) groups is 3. The third-order valence-corrected chi connectivity index (χ3v) is 13.6. The molecular formula is C59H114O6. The van der Waals surface area contributed by atoms with E-state index in [0.717, 1.165) is 57.8 Å². The molecule has 0 heterocycles. The molecule has 1 unspecified atom stereocenters. The van der Waals surface area contributed by atoms with Crippen LogP contribution in [0, 0.1) is 0 Å². The van der Waals surface area contributed by atoms with Gasteiger partial charge in [0.15, 0.2) is 6.10 Å². The van der Waals surface area contributed by atoms with E-state index in [1.807, 2.05) is 0 Å². The summed E-state index contributed by atoms with van der Waals surface area (Å²) in [7, 11) is 0. The lowest BCUT2D eigenvalue weighted by Crippen LogP contribution is -2.30. The monoisotopic (exact) mass is 919 g/mol. The van der Waals surface area contributed by atoms with E-state index < -0.39 is 6.10 Å². The van der Waals surface area contributed by atoms with Gasteiger partial charge < -0.3 is 14.2 Å². The molecule has 0 aromatic rings. The van der Waals surface area contributed by atoms with E-state index in [4.69, 9.17) is 14.2 Å². The zero-order valence-electron chi connectivity index (χ0n) is 44.3. The van der Waals surface area contributed by atoms with Gasteiger partial charge in [0.2, 0.25) is 0 Å². The van der Waals surface area contributed by atoms with Gasteiger partial charge in [-0.1, -0.05) is 303 Å². The number of esters is 3. The Morgan fingerprint density at radius 2 is 0.415 bits per heavy atom. The van der Waals surface area contributed by atoms with Crippen LogP contribution in [-0.4, -0.2) is 37.2 Å². The molecule has 1 atom stereocenters. The molecule has 0 bridgehead atoms. The molecule has 6 nitrogen and oxygen atoms in total. The van der Waals surface area contributed by atoms with Crippen LogP contribution in [0.15, 0.2) is 0 Å². The predicted octanol–water partition coefficient (Wildman–Crippen LogP) is 19.5. The fraction of sp³-hybridized carbons (Fsp3) is 0.949. The molecule has 0 aromatic heterocycles. The number of hydrogen-bond donors (Lipinski definition) is 0. The average molecular weight is 920 g/mol. The van der Waals surface area contributed by atoms with Gasteiger partial charge >= 0.3 is 17.9 Å². The average Bonchev–Trinajstić information content (AvgIpc) is 3.30. The second-order valence-electron chi connectivity index (χ2n) is 20.3. The highest BCUT2D eigenvalue weighted by molar-refractivity contribution is 5.71. The molecular weight excluding hydrogens is 805 g/mol. The molecule has 386 valence electrons. The first kappa shape index (κ1) is 63.4. The van der Waals surface area contributed by atoms with E-state index >= 15 is 0 Å². The van der Waals surface area contributed by atoms with Crippen molar-refractivity contribution in [2.75, 3.05) is 13.2 Å². The fourth-order valence-corrected chi connectivity index (χ4v) is 9.15. The maximum Gasteiger partial charge on any atom is 0.306 e. The Bertz CT molecular complexity index is 967. The topological polar surface area (TPSA) is 78.9 Å². The van der Waals surface area contributed by atoms with E-state index in [2.05, 4.69) is 20.8 Å². The van der Waals surface area contributed by atoms with Crippen LogP contribution in [0.4, 0.5) is 0 Å². The normalized spacial score (nSPS) is 11.9. The molecule has 0 aliphatic heterocycles. The summed E-state index contributed by atoms with van der Waals surface area (Å²) in [5, 5.41) is 0. The van der Waals surface area contributed by atoms with Crippen molar-refractivity contribution in [1.82, 2.24) is 0 Å². The van der Waals surface area contributed by atoms with Gasteiger partial charge in [-0.3, -0.25) is 14.4 Å². The molecule has 0 radical (unpaired) electrons. The minimum Gasteiger partial charge on any atom is -0.462 e. The molecule has 6 heteroatoms. The Labute approximate surface area is 406 Å².